The van der Waals surface area contributed by atoms with Crippen molar-refractivity contribution in [2.45, 2.75) is 6.18 Å². The van der Waals surface area contributed by atoms with Crippen molar-refractivity contribution < 1.29 is 18.0 Å². The van der Waals surface area contributed by atoms with E-state index in [2.05, 4.69) is 5.32 Å². The van der Waals surface area contributed by atoms with Gasteiger partial charge in [0.1, 0.15) is 0 Å². The van der Waals surface area contributed by atoms with E-state index in [1.54, 1.807) is 12.1 Å². The summed E-state index contributed by atoms with van der Waals surface area (Å²) in [6.45, 7) is 0. The topological polar surface area (TPSA) is 81.1 Å². The molecule has 0 atom stereocenters. The van der Waals surface area contributed by atoms with Gasteiger partial charge in [0.15, 0.2) is 0 Å². The highest BCUT2D eigenvalue weighted by Gasteiger charge is 2.29. The average Bonchev–Trinajstić information content (AvgIpc) is 2.40. The lowest BCUT2D eigenvalue weighted by molar-refractivity contribution is -0.137. The maximum absolute atomic E-state index is 12.5. The van der Waals surface area contributed by atoms with Gasteiger partial charge in [-0.2, -0.15) is 13.2 Å². The van der Waals surface area contributed by atoms with Crippen LogP contribution in [0.15, 0.2) is 42.5 Å². The highest BCUT2D eigenvalue weighted by Crippen LogP contribution is 2.31. The maximum atomic E-state index is 12.5. The second kappa shape index (κ2) is 5.35. The van der Waals surface area contributed by atoms with E-state index in [1.165, 1.54) is 18.2 Å². The molecular weight excluding hydrogens is 283 g/mol. The number of para-hydroxylation sites is 1. The molecule has 110 valence electrons. The standard InChI is InChI=1S/C14H12F3N3O/c15-14(16,17)8-4-6-9(7-5-8)20-11-3-1-2-10(12(11)18)13(19)21/h1-7,20H,18H2,(H2,19,21). The number of nitrogens with one attached hydrogen (secondary N) is 1. The van der Waals surface area contributed by atoms with Gasteiger partial charge in [-0.1, -0.05) is 6.07 Å². The summed E-state index contributed by atoms with van der Waals surface area (Å²) in [4.78, 5) is 11.2. The number of benzene rings is 2. The van der Waals surface area contributed by atoms with Crippen molar-refractivity contribution in [3.8, 4) is 0 Å². The number of nitrogen functional groups attached to an aromatic ring is 1. The molecule has 0 aromatic heterocycles. The molecule has 21 heavy (non-hydrogen) atoms. The van der Waals surface area contributed by atoms with Gasteiger partial charge in [0.2, 0.25) is 0 Å². The fraction of sp³-hybridized carbons (Fsp3) is 0.0714. The number of amides is 1. The Bertz CT molecular complexity index is 666. The predicted octanol–water partition coefficient (Wildman–Crippen LogP) is 3.13. The summed E-state index contributed by atoms with van der Waals surface area (Å²) < 4.78 is 37.4. The number of primary amides is 1. The van der Waals surface area contributed by atoms with Gasteiger partial charge in [0.25, 0.3) is 5.91 Å². The second-order valence-corrected chi connectivity index (χ2v) is 4.33. The van der Waals surface area contributed by atoms with Gasteiger partial charge in [-0.25, -0.2) is 0 Å². The van der Waals surface area contributed by atoms with E-state index in [4.69, 9.17) is 11.5 Å². The van der Waals surface area contributed by atoms with Gasteiger partial charge in [0.05, 0.1) is 22.5 Å². The summed E-state index contributed by atoms with van der Waals surface area (Å²) in [6.07, 6.45) is -4.39. The van der Waals surface area contributed by atoms with E-state index >= 15 is 0 Å². The van der Waals surface area contributed by atoms with Crippen molar-refractivity contribution in [1.29, 1.82) is 0 Å². The summed E-state index contributed by atoms with van der Waals surface area (Å²) in [7, 11) is 0. The van der Waals surface area contributed by atoms with Gasteiger partial charge >= 0.3 is 6.18 Å². The lowest BCUT2D eigenvalue weighted by Crippen LogP contribution is -2.14. The van der Waals surface area contributed by atoms with Crippen LogP contribution in [0.3, 0.4) is 0 Å². The Morgan fingerprint density at radius 2 is 1.67 bits per heavy atom. The van der Waals surface area contributed by atoms with E-state index in [9.17, 15) is 18.0 Å². The summed E-state index contributed by atoms with van der Waals surface area (Å²) in [5, 5.41) is 2.85. The molecule has 1 amide bonds. The summed E-state index contributed by atoms with van der Waals surface area (Å²) in [5.74, 6) is -0.677. The van der Waals surface area contributed by atoms with Crippen LogP contribution in [0, 0.1) is 0 Å². The Morgan fingerprint density at radius 3 is 2.19 bits per heavy atom. The zero-order chi connectivity index (χ0) is 15.6. The molecule has 0 fully saturated rings. The average molecular weight is 295 g/mol. The molecule has 0 radical (unpaired) electrons. The van der Waals surface area contributed by atoms with Crippen LogP contribution >= 0.6 is 0 Å². The fourth-order valence-corrected chi connectivity index (χ4v) is 1.79. The van der Waals surface area contributed by atoms with Crippen molar-refractivity contribution in [3.63, 3.8) is 0 Å². The van der Waals surface area contributed by atoms with Crippen molar-refractivity contribution in [2.24, 2.45) is 5.73 Å². The molecule has 7 heteroatoms. The van der Waals surface area contributed by atoms with Crippen LogP contribution < -0.4 is 16.8 Å². The van der Waals surface area contributed by atoms with Crippen molar-refractivity contribution in [3.05, 3.63) is 53.6 Å². The number of alkyl halides is 3. The second-order valence-electron chi connectivity index (χ2n) is 4.33. The molecule has 5 N–H and O–H groups in total. The van der Waals surface area contributed by atoms with Crippen LogP contribution in [-0.2, 0) is 6.18 Å². The number of halogens is 3. The zero-order valence-electron chi connectivity index (χ0n) is 10.7. The van der Waals surface area contributed by atoms with Crippen LogP contribution in [0.2, 0.25) is 0 Å². The zero-order valence-corrected chi connectivity index (χ0v) is 10.7. The molecule has 0 aliphatic carbocycles. The lowest BCUT2D eigenvalue weighted by Gasteiger charge is -2.12. The first kappa shape index (κ1) is 14.7. The van der Waals surface area contributed by atoms with Gasteiger partial charge in [-0.05, 0) is 36.4 Å². The summed E-state index contributed by atoms with van der Waals surface area (Å²) in [6, 6.07) is 9.10. The molecule has 0 saturated carbocycles. The highest BCUT2D eigenvalue weighted by molar-refractivity contribution is 6.01. The largest absolute Gasteiger partial charge is 0.416 e. The van der Waals surface area contributed by atoms with E-state index in [0.29, 0.717) is 11.4 Å². The maximum Gasteiger partial charge on any atom is 0.416 e. The lowest BCUT2D eigenvalue weighted by atomic mass is 10.1. The quantitative estimate of drug-likeness (QED) is 0.761. The van der Waals surface area contributed by atoms with Crippen LogP contribution in [0.5, 0.6) is 0 Å². The number of hydrogen-bond acceptors (Lipinski definition) is 3. The molecule has 0 spiro atoms. The third kappa shape index (κ3) is 3.25. The number of nitrogens with two attached hydrogens (primary N) is 2. The highest BCUT2D eigenvalue weighted by atomic mass is 19.4. The minimum Gasteiger partial charge on any atom is -0.396 e. The number of hydrogen-bond donors (Lipinski definition) is 3. The van der Waals surface area contributed by atoms with Crippen LogP contribution in [-0.4, -0.2) is 5.91 Å². The molecule has 0 aliphatic rings. The first-order chi connectivity index (χ1) is 9.79. The Kier molecular flexibility index (Phi) is 3.75. The smallest absolute Gasteiger partial charge is 0.396 e. The van der Waals surface area contributed by atoms with Gasteiger partial charge in [0, 0.05) is 5.69 Å². The monoisotopic (exact) mass is 295 g/mol. The van der Waals surface area contributed by atoms with Crippen LogP contribution in [0.4, 0.5) is 30.2 Å². The minimum atomic E-state index is -4.39. The minimum absolute atomic E-state index is 0.143. The molecule has 0 aliphatic heterocycles. The van der Waals surface area contributed by atoms with Gasteiger partial charge in [-0.3, -0.25) is 4.79 Å². The van der Waals surface area contributed by atoms with E-state index < -0.39 is 17.6 Å². The Hall–Kier alpha value is -2.70. The van der Waals surface area contributed by atoms with Crippen LogP contribution in [0.25, 0.3) is 0 Å². The van der Waals surface area contributed by atoms with Gasteiger partial charge < -0.3 is 16.8 Å². The Balaban J connectivity index is 2.27. The number of carbonyl (C=O) groups excluding carboxylic acids is 1. The van der Waals surface area contributed by atoms with Crippen LogP contribution in [0.1, 0.15) is 15.9 Å². The molecule has 0 unspecified atom stereocenters. The fourth-order valence-electron chi connectivity index (χ4n) is 1.79. The summed E-state index contributed by atoms with van der Waals surface area (Å²) in [5.41, 5.74) is 11.3. The molecule has 4 nitrogen and oxygen atoms in total. The molecule has 0 saturated heterocycles. The van der Waals surface area contributed by atoms with Gasteiger partial charge in [-0.15, -0.1) is 0 Å². The number of rotatable bonds is 3. The molecule has 2 aromatic rings. The van der Waals surface area contributed by atoms with E-state index in [1.807, 2.05) is 0 Å². The van der Waals surface area contributed by atoms with E-state index in [0.717, 1.165) is 12.1 Å². The normalized spacial score (nSPS) is 11.2. The third-order valence-electron chi connectivity index (χ3n) is 2.86. The number of anilines is 3. The van der Waals surface area contributed by atoms with E-state index in [-0.39, 0.29) is 11.3 Å². The molecular formula is C14H12F3N3O. The Morgan fingerprint density at radius 1 is 1.05 bits per heavy atom. The first-order valence-corrected chi connectivity index (χ1v) is 5.91. The Labute approximate surface area is 118 Å². The summed E-state index contributed by atoms with van der Waals surface area (Å²) >= 11 is 0. The van der Waals surface area contributed by atoms with Crippen molar-refractivity contribution >= 4 is 23.0 Å². The first-order valence-electron chi connectivity index (χ1n) is 5.91. The molecule has 0 heterocycles. The predicted molar refractivity (Wildman–Crippen MR) is 74.1 cm³/mol. The number of carbonyl (C=O) groups is 1. The molecule has 0 bridgehead atoms. The molecule has 2 aromatic carbocycles. The third-order valence-corrected chi connectivity index (χ3v) is 2.86. The van der Waals surface area contributed by atoms with Crippen molar-refractivity contribution in [2.75, 3.05) is 11.1 Å². The SMILES string of the molecule is NC(=O)c1cccc(Nc2ccc(C(F)(F)F)cc2)c1N. The van der Waals surface area contributed by atoms with Crippen molar-refractivity contribution in [1.82, 2.24) is 0 Å². The molecule has 2 rings (SSSR count).